The zero-order valence-electron chi connectivity index (χ0n) is 13.8. The number of carbonyl (C=O) groups is 3. The third-order valence-electron chi connectivity index (χ3n) is 3.53. The van der Waals surface area contributed by atoms with Gasteiger partial charge >= 0.3 is 11.9 Å². The van der Waals surface area contributed by atoms with E-state index in [1.165, 1.54) is 18.6 Å². The molecular weight excluding hydrogens is 340 g/mol. The third kappa shape index (κ3) is 4.50. The molecule has 8 nitrogen and oxygen atoms in total. The molecule has 3 rings (SSSR count). The van der Waals surface area contributed by atoms with Crippen molar-refractivity contribution < 1.29 is 29.3 Å². The number of nitrogens with zero attached hydrogens (tertiary/aromatic N) is 2. The van der Waals surface area contributed by atoms with E-state index in [1.807, 2.05) is 6.07 Å². The number of hydrogen-bond donors (Lipinski definition) is 2. The molecule has 1 atom stereocenters. The van der Waals surface area contributed by atoms with Gasteiger partial charge in [-0.2, -0.15) is 0 Å². The van der Waals surface area contributed by atoms with Gasteiger partial charge in [0.05, 0.1) is 12.1 Å². The Morgan fingerprint density at radius 2 is 1.85 bits per heavy atom. The van der Waals surface area contributed by atoms with Crippen LogP contribution in [0.3, 0.4) is 0 Å². The highest BCUT2D eigenvalue weighted by Gasteiger charge is 2.43. The molecule has 2 aromatic rings. The number of rotatable bonds is 4. The van der Waals surface area contributed by atoms with Crippen molar-refractivity contribution in [3.8, 4) is 0 Å². The molecule has 2 heterocycles. The number of aliphatic carboxylic acids is 2. The molecule has 1 aromatic carbocycles. The van der Waals surface area contributed by atoms with Gasteiger partial charge in [0.15, 0.2) is 5.60 Å². The molecular formula is C18H16N2O6. The Morgan fingerprint density at radius 1 is 1.15 bits per heavy atom. The standard InChI is InChI=1S/C12H10O4.C6H6N2O2/c1-12(8-5-3-2-4-6-8)10(13)7-9(16-12)11(14)15;9-6(10)3-5-4-7-1-2-8-5/h2-7H,1H3,(H,14,15);1-2,4H,3H2,(H,9,10). The molecule has 2 N–H and O–H groups in total. The van der Waals surface area contributed by atoms with E-state index in [-0.39, 0.29) is 18.0 Å². The number of ether oxygens (including phenoxy) is 1. The summed E-state index contributed by atoms with van der Waals surface area (Å²) in [6, 6.07) is 8.83. The molecule has 0 spiro atoms. The van der Waals surface area contributed by atoms with Crippen molar-refractivity contribution in [1.82, 2.24) is 9.97 Å². The lowest BCUT2D eigenvalue weighted by atomic mass is 9.92. The van der Waals surface area contributed by atoms with Gasteiger partial charge in [-0.1, -0.05) is 30.3 Å². The molecule has 26 heavy (non-hydrogen) atoms. The second kappa shape index (κ2) is 8.02. The van der Waals surface area contributed by atoms with E-state index in [4.69, 9.17) is 14.9 Å². The van der Waals surface area contributed by atoms with Crippen molar-refractivity contribution in [3.63, 3.8) is 0 Å². The summed E-state index contributed by atoms with van der Waals surface area (Å²) in [5.41, 5.74) is -0.0860. The Balaban J connectivity index is 0.000000209. The predicted molar refractivity (Wildman–Crippen MR) is 89.0 cm³/mol. The number of benzene rings is 1. The van der Waals surface area contributed by atoms with Crippen LogP contribution in [0, 0.1) is 0 Å². The van der Waals surface area contributed by atoms with Gasteiger partial charge in [0.2, 0.25) is 11.5 Å². The molecule has 0 saturated heterocycles. The van der Waals surface area contributed by atoms with Crippen LogP contribution in [0.25, 0.3) is 0 Å². The highest BCUT2D eigenvalue weighted by Crippen LogP contribution is 2.34. The Morgan fingerprint density at radius 3 is 2.35 bits per heavy atom. The first-order chi connectivity index (χ1) is 12.3. The van der Waals surface area contributed by atoms with E-state index in [1.54, 1.807) is 31.2 Å². The van der Waals surface area contributed by atoms with Gasteiger partial charge in [0.25, 0.3) is 0 Å². The summed E-state index contributed by atoms with van der Waals surface area (Å²) >= 11 is 0. The van der Waals surface area contributed by atoms with E-state index >= 15 is 0 Å². The maximum Gasteiger partial charge on any atom is 0.371 e. The lowest BCUT2D eigenvalue weighted by Crippen LogP contribution is -2.30. The molecule has 0 aliphatic carbocycles. The molecule has 134 valence electrons. The third-order valence-corrected chi connectivity index (χ3v) is 3.53. The van der Waals surface area contributed by atoms with E-state index in [9.17, 15) is 14.4 Å². The predicted octanol–water partition coefficient (Wildman–Crippen LogP) is 1.57. The zero-order valence-corrected chi connectivity index (χ0v) is 13.8. The fourth-order valence-electron chi connectivity index (χ4n) is 2.20. The lowest BCUT2D eigenvalue weighted by molar-refractivity contribution is -0.141. The van der Waals surface area contributed by atoms with Crippen LogP contribution in [0.15, 0.2) is 60.8 Å². The van der Waals surface area contributed by atoms with Crippen molar-refractivity contribution in [3.05, 3.63) is 72.0 Å². The van der Waals surface area contributed by atoms with Gasteiger partial charge in [-0.25, -0.2) is 4.79 Å². The first-order valence-corrected chi connectivity index (χ1v) is 7.53. The minimum atomic E-state index is -1.23. The number of aromatic nitrogens is 2. The van der Waals surface area contributed by atoms with Gasteiger partial charge in [0.1, 0.15) is 0 Å². The molecule has 1 aromatic heterocycles. The van der Waals surface area contributed by atoms with Crippen LogP contribution < -0.4 is 0 Å². The molecule has 1 unspecified atom stereocenters. The Bertz CT molecular complexity index is 835. The smallest absolute Gasteiger partial charge is 0.371 e. The zero-order chi connectivity index (χ0) is 19.2. The van der Waals surface area contributed by atoms with Crippen molar-refractivity contribution in [2.24, 2.45) is 0 Å². The van der Waals surface area contributed by atoms with Crippen LogP contribution >= 0.6 is 0 Å². The SMILES string of the molecule is CC1(c2ccccc2)OC(C(=O)O)=CC1=O.O=C(O)Cc1cnccn1. The molecule has 0 saturated carbocycles. The minimum absolute atomic E-state index is 0.0617. The summed E-state index contributed by atoms with van der Waals surface area (Å²) in [5.74, 6) is -2.78. The number of carbonyl (C=O) groups excluding carboxylic acids is 1. The summed E-state index contributed by atoms with van der Waals surface area (Å²) < 4.78 is 5.22. The van der Waals surface area contributed by atoms with Crippen molar-refractivity contribution in [1.29, 1.82) is 0 Å². The summed E-state index contributed by atoms with van der Waals surface area (Å²) in [4.78, 5) is 40.1. The molecule has 0 fully saturated rings. The van der Waals surface area contributed by atoms with Crippen LogP contribution in [0.4, 0.5) is 0 Å². The number of ketones is 1. The molecule has 1 aliphatic heterocycles. The second-order valence-corrected chi connectivity index (χ2v) is 5.45. The fraction of sp³-hybridized carbons (Fsp3) is 0.167. The maximum atomic E-state index is 11.7. The molecule has 1 aliphatic rings. The summed E-state index contributed by atoms with van der Waals surface area (Å²) in [6.45, 7) is 1.57. The number of carboxylic acid groups (broad SMARTS) is 2. The maximum absolute atomic E-state index is 11.7. The Labute approximate surface area is 148 Å². The van der Waals surface area contributed by atoms with Crippen LogP contribution in [-0.4, -0.2) is 37.9 Å². The van der Waals surface area contributed by atoms with Gasteiger partial charge in [0, 0.05) is 30.2 Å². The van der Waals surface area contributed by atoms with Crippen molar-refractivity contribution in [2.75, 3.05) is 0 Å². The van der Waals surface area contributed by atoms with E-state index in [0.717, 1.165) is 6.08 Å². The van der Waals surface area contributed by atoms with Crippen LogP contribution in [0.5, 0.6) is 0 Å². The van der Waals surface area contributed by atoms with Gasteiger partial charge in [-0.05, 0) is 6.92 Å². The normalized spacial score (nSPS) is 18.2. The number of hydrogen-bond acceptors (Lipinski definition) is 6. The van der Waals surface area contributed by atoms with Crippen LogP contribution in [-0.2, 0) is 31.1 Å². The van der Waals surface area contributed by atoms with Crippen molar-refractivity contribution >= 4 is 17.7 Å². The molecule has 0 radical (unpaired) electrons. The fourth-order valence-corrected chi connectivity index (χ4v) is 2.20. The first-order valence-electron chi connectivity index (χ1n) is 7.53. The minimum Gasteiger partial charge on any atom is -0.481 e. The highest BCUT2D eigenvalue weighted by atomic mass is 16.5. The van der Waals surface area contributed by atoms with Crippen molar-refractivity contribution in [2.45, 2.75) is 18.9 Å². The van der Waals surface area contributed by atoms with Crippen LogP contribution in [0.2, 0.25) is 0 Å². The molecule has 8 heteroatoms. The highest BCUT2D eigenvalue weighted by molar-refractivity contribution is 6.05. The quantitative estimate of drug-likeness (QED) is 0.845. The summed E-state index contributed by atoms with van der Waals surface area (Å²) in [6.07, 6.45) is 5.38. The summed E-state index contributed by atoms with van der Waals surface area (Å²) in [7, 11) is 0. The van der Waals surface area contributed by atoms with E-state index in [0.29, 0.717) is 11.3 Å². The average molecular weight is 356 g/mol. The average Bonchev–Trinajstić information content (AvgIpc) is 2.93. The van der Waals surface area contributed by atoms with E-state index < -0.39 is 17.5 Å². The van der Waals surface area contributed by atoms with Crippen LogP contribution in [0.1, 0.15) is 18.2 Å². The largest absolute Gasteiger partial charge is 0.481 e. The first kappa shape index (κ1) is 18.8. The number of carboxylic acids is 2. The van der Waals surface area contributed by atoms with Gasteiger partial charge in [-0.3, -0.25) is 19.6 Å². The molecule has 0 bridgehead atoms. The Kier molecular flexibility index (Phi) is 5.79. The van der Waals surface area contributed by atoms with E-state index in [2.05, 4.69) is 9.97 Å². The summed E-state index contributed by atoms with van der Waals surface area (Å²) in [5, 5.41) is 17.1. The monoisotopic (exact) mass is 356 g/mol. The Hall–Kier alpha value is -3.55. The lowest BCUT2D eigenvalue weighted by Gasteiger charge is -2.23. The topological polar surface area (TPSA) is 127 Å². The van der Waals surface area contributed by atoms with Gasteiger partial charge in [-0.15, -0.1) is 0 Å². The van der Waals surface area contributed by atoms with Gasteiger partial charge < -0.3 is 14.9 Å². The molecule has 0 amide bonds. The second-order valence-electron chi connectivity index (χ2n) is 5.45.